The highest BCUT2D eigenvalue weighted by molar-refractivity contribution is 5.82. The molecule has 4 heteroatoms. The van der Waals surface area contributed by atoms with Crippen molar-refractivity contribution in [2.45, 2.75) is 18.5 Å². The lowest BCUT2D eigenvalue weighted by atomic mass is 9.92. The van der Waals surface area contributed by atoms with E-state index in [9.17, 15) is 4.79 Å². The molecule has 0 aliphatic carbocycles. The molecule has 4 N–H and O–H groups in total. The summed E-state index contributed by atoms with van der Waals surface area (Å²) in [6.07, 6.45) is 1.91. The van der Waals surface area contributed by atoms with Gasteiger partial charge in [-0.1, -0.05) is 0 Å². The first-order valence-electron chi connectivity index (χ1n) is 4.03. The van der Waals surface area contributed by atoms with Crippen LogP contribution in [0.15, 0.2) is 0 Å². The van der Waals surface area contributed by atoms with Crippen molar-refractivity contribution in [1.29, 1.82) is 0 Å². The third-order valence-corrected chi connectivity index (χ3v) is 2.63. The summed E-state index contributed by atoms with van der Waals surface area (Å²) in [7, 11) is 0. The molecule has 2 rings (SSSR count). The fraction of sp³-hybridized carbons (Fsp3) is 0.857. The minimum absolute atomic E-state index is 0.0304. The zero-order chi connectivity index (χ0) is 7.90. The molecule has 1 spiro atoms. The van der Waals surface area contributed by atoms with Gasteiger partial charge in [-0.15, -0.1) is 0 Å². The van der Waals surface area contributed by atoms with Crippen LogP contribution in [0.25, 0.3) is 0 Å². The molecule has 0 saturated carbocycles. The molecule has 2 fully saturated rings. The Hall–Kier alpha value is -0.610. The van der Waals surface area contributed by atoms with E-state index in [2.05, 4.69) is 10.6 Å². The molecule has 1 amide bonds. The molecule has 0 aromatic rings. The van der Waals surface area contributed by atoms with Gasteiger partial charge >= 0.3 is 0 Å². The van der Waals surface area contributed by atoms with E-state index in [1.807, 2.05) is 0 Å². The molecular weight excluding hydrogens is 142 g/mol. The minimum Gasteiger partial charge on any atom is -0.338 e. The largest absolute Gasteiger partial charge is 0.338 e. The van der Waals surface area contributed by atoms with E-state index < -0.39 is 0 Å². The Morgan fingerprint density at radius 3 is 2.73 bits per heavy atom. The molecule has 2 aliphatic heterocycles. The number of carbonyl (C=O) groups excluding carboxylic acids is 1. The highest BCUT2D eigenvalue weighted by Gasteiger charge is 2.46. The number of carbonyl (C=O) groups is 1. The Morgan fingerprint density at radius 1 is 1.73 bits per heavy atom. The first-order chi connectivity index (χ1) is 5.26. The molecular formula is C7H13N3O. The highest BCUT2D eigenvalue weighted by Crippen LogP contribution is 2.29. The Morgan fingerprint density at radius 2 is 2.45 bits per heavy atom. The van der Waals surface area contributed by atoms with E-state index in [0.717, 1.165) is 19.4 Å². The van der Waals surface area contributed by atoms with Crippen LogP contribution in [-0.2, 0) is 4.79 Å². The van der Waals surface area contributed by atoms with E-state index >= 15 is 0 Å². The van der Waals surface area contributed by atoms with E-state index in [0.29, 0.717) is 6.54 Å². The van der Waals surface area contributed by atoms with Crippen molar-refractivity contribution >= 4 is 5.91 Å². The maximum atomic E-state index is 11.2. The Balaban J connectivity index is 2.05. The lowest BCUT2D eigenvalue weighted by Gasteiger charge is -2.39. The van der Waals surface area contributed by atoms with Crippen LogP contribution < -0.4 is 16.4 Å². The molecule has 2 heterocycles. The first kappa shape index (κ1) is 7.06. The summed E-state index contributed by atoms with van der Waals surface area (Å²) in [6, 6.07) is 0. The molecule has 0 aromatic carbocycles. The minimum atomic E-state index is -0.0683. The lowest BCUT2D eigenvalue weighted by Crippen LogP contribution is -2.63. The maximum absolute atomic E-state index is 11.2. The van der Waals surface area contributed by atoms with Gasteiger partial charge in [0.25, 0.3) is 0 Å². The summed E-state index contributed by atoms with van der Waals surface area (Å²) < 4.78 is 0. The van der Waals surface area contributed by atoms with Gasteiger partial charge in [0, 0.05) is 13.1 Å². The van der Waals surface area contributed by atoms with Crippen LogP contribution in [0, 0.1) is 5.92 Å². The SMILES string of the molecule is NCC1CC2(CCN2)NC1=O. The van der Waals surface area contributed by atoms with E-state index in [1.165, 1.54) is 0 Å². The number of rotatable bonds is 1. The number of hydrogen-bond donors (Lipinski definition) is 3. The van der Waals surface area contributed by atoms with E-state index in [-0.39, 0.29) is 17.5 Å². The van der Waals surface area contributed by atoms with Crippen molar-refractivity contribution in [3.8, 4) is 0 Å². The predicted octanol–water partition coefficient (Wildman–Crippen LogP) is -1.23. The summed E-state index contributed by atoms with van der Waals surface area (Å²) in [4.78, 5) is 11.2. The number of amides is 1. The second-order valence-corrected chi connectivity index (χ2v) is 3.38. The van der Waals surface area contributed by atoms with Gasteiger partial charge in [0.15, 0.2) is 0 Å². The second-order valence-electron chi connectivity index (χ2n) is 3.38. The van der Waals surface area contributed by atoms with Gasteiger partial charge in [-0.3, -0.25) is 10.1 Å². The zero-order valence-corrected chi connectivity index (χ0v) is 6.39. The van der Waals surface area contributed by atoms with Gasteiger partial charge in [-0.25, -0.2) is 0 Å². The standard InChI is InChI=1S/C7H13N3O/c8-4-5-3-7(1-2-9-7)10-6(5)11/h5,9H,1-4,8H2,(H,10,11). The summed E-state index contributed by atoms with van der Waals surface area (Å²) in [5.41, 5.74) is 5.37. The first-order valence-corrected chi connectivity index (χ1v) is 4.03. The normalized spacial score (nSPS) is 42.3. The monoisotopic (exact) mass is 155 g/mol. The van der Waals surface area contributed by atoms with Gasteiger partial charge in [0.1, 0.15) is 0 Å². The molecule has 0 aromatic heterocycles. The quantitative estimate of drug-likeness (QED) is 0.444. The number of nitrogens with one attached hydrogen (secondary N) is 2. The average Bonchev–Trinajstić information content (AvgIpc) is 2.26. The van der Waals surface area contributed by atoms with Crippen molar-refractivity contribution in [2.75, 3.05) is 13.1 Å². The van der Waals surface area contributed by atoms with Crippen LogP contribution in [0.3, 0.4) is 0 Å². The molecule has 2 atom stereocenters. The molecule has 4 nitrogen and oxygen atoms in total. The van der Waals surface area contributed by atoms with Crippen LogP contribution >= 0.6 is 0 Å². The highest BCUT2D eigenvalue weighted by atomic mass is 16.2. The van der Waals surface area contributed by atoms with E-state index in [4.69, 9.17) is 5.73 Å². The van der Waals surface area contributed by atoms with Crippen molar-refractivity contribution < 1.29 is 4.79 Å². The summed E-state index contributed by atoms with van der Waals surface area (Å²) >= 11 is 0. The molecule has 2 aliphatic rings. The predicted molar refractivity (Wildman–Crippen MR) is 40.7 cm³/mol. The van der Waals surface area contributed by atoms with Gasteiger partial charge in [-0.2, -0.15) is 0 Å². The van der Waals surface area contributed by atoms with Crippen molar-refractivity contribution in [1.82, 2.24) is 10.6 Å². The summed E-state index contributed by atoms with van der Waals surface area (Å²) in [5.74, 6) is 0.141. The van der Waals surface area contributed by atoms with Gasteiger partial charge in [0.2, 0.25) is 5.91 Å². The third kappa shape index (κ3) is 0.937. The fourth-order valence-corrected chi connectivity index (χ4v) is 1.80. The summed E-state index contributed by atoms with van der Waals surface area (Å²) in [6.45, 7) is 1.48. The molecule has 2 unspecified atom stereocenters. The van der Waals surface area contributed by atoms with Gasteiger partial charge < -0.3 is 11.1 Å². The number of nitrogens with two attached hydrogens (primary N) is 1. The summed E-state index contributed by atoms with van der Waals surface area (Å²) in [5, 5.41) is 6.17. The maximum Gasteiger partial charge on any atom is 0.225 e. The van der Waals surface area contributed by atoms with Crippen molar-refractivity contribution in [2.24, 2.45) is 11.7 Å². The average molecular weight is 155 g/mol. The van der Waals surface area contributed by atoms with E-state index in [1.54, 1.807) is 0 Å². The Bertz CT molecular complexity index is 188. The van der Waals surface area contributed by atoms with Crippen LogP contribution in [-0.4, -0.2) is 24.7 Å². The third-order valence-electron chi connectivity index (χ3n) is 2.63. The lowest BCUT2D eigenvalue weighted by molar-refractivity contribution is -0.123. The van der Waals surface area contributed by atoms with Crippen molar-refractivity contribution in [3.05, 3.63) is 0 Å². The molecule has 0 bridgehead atoms. The van der Waals surface area contributed by atoms with Crippen LogP contribution in [0.2, 0.25) is 0 Å². The Labute approximate surface area is 65.5 Å². The fourth-order valence-electron chi connectivity index (χ4n) is 1.80. The van der Waals surface area contributed by atoms with Gasteiger partial charge in [0.05, 0.1) is 11.6 Å². The number of hydrogen-bond acceptors (Lipinski definition) is 3. The van der Waals surface area contributed by atoms with Crippen LogP contribution in [0.1, 0.15) is 12.8 Å². The molecule has 11 heavy (non-hydrogen) atoms. The second kappa shape index (κ2) is 2.19. The smallest absolute Gasteiger partial charge is 0.225 e. The molecule has 2 saturated heterocycles. The molecule has 62 valence electrons. The topological polar surface area (TPSA) is 67.2 Å². The van der Waals surface area contributed by atoms with Crippen LogP contribution in [0.5, 0.6) is 0 Å². The zero-order valence-electron chi connectivity index (χ0n) is 6.39. The van der Waals surface area contributed by atoms with Crippen molar-refractivity contribution in [3.63, 3.8) is 0 Å². The molecule has 0 radical (unpaired) electrons. The van der Waals surface area contributed by atoms with Gasteiger partial charge in [-0.05, 0) is 12.8 Å². The Kier molecular flexibility index (Phi) is 1.40. The van der Waals surface area contributed by atoms with Crippen LogP contribution in [0.4, 0.5) is 0 Å².